The van der Waals surface area contributed by atoms with Gasteiger partial charge in [-0.1, -0.05) is 68.7 Å². The van der Waals surface area contributed by atoms with Gasteiger partial charge >= 0.3 is 0 Å². The van der Waals surface area contributed by atoms with E-state index in [1.165, 1.54) is 37.8 Å². The van der Waals surface area contributed by atoms with E-state index < -0.39 is 11.4 Å². The highest BCUT2D eigenvalue weighted by atomic mass is 35.5. The molecular weight excluding hydrogens is 298 g/mol. The smallest absolute Gasteiger partial charge is 0.142 e. The van der Waals surface area contributed by atoms with Crippen molar-refractivity contribution in [2.45, 2.75) is 64.4 Å². The number of aliphatic hydroxyl groups is 1. The molecule has 0 fully saturated rings. The summed E-state index contributed by atoms with van der Waals surface area (Å²) in [5.74, 6) is -0.547. The summed E-state index contributed by atoms with van der Waals surface area (Å²) < 4.78 is 13.5. The minimum absolute atomic E-state index is 0.0193. The van der Waals surface area contributed by atoms with Crippen molar-refractivity contribution >= 4 is 23.2 Å². The lowest BCUT2D eigenvalue weighted by molar-refractivity contribution is 0.0446. The fourth-order valence-corrected chi connectivity index (χ4v) is 2.91. The van der Waals surface area contributed by atoms with E-state index in [0.717, 1.165) is 12.8 Å². The average molecular weight is 321 g/mol. The number of unbranched alkanes of at least 4 members (excludes halogenated alkanes) is 5. The van der Waals surface area contributed by atoms with Crippen LogP contribution < -0.4 is 0 Å². The number of hydrogen-bond acceptors (Lipinski definition) is 1. The topological polar surface area (TPSA) is 20.2 Å². The van der Waals surface area contributed by atoms with Crippen molar-refractivity contribution in [3.05, 3.63) is 33.6 Å². The summed E-state index contributed by atoms with van der Waals surface area (Å²) in [7, 11) is 0. The molecule has 1 aromatic rings. The Morgan fingerprint density at radius 1 is 1.05 bits per heavy atom. The molecule has 0 aliphatic rings. The highest BCUT2D eigenvalue weighted by Gasteiger charge is 2.26. The Balaban J connectivity index is 2.58. The minimum Gasteiger partial charge on any atom is -0.385 e. The average Bonchev–Trinajstić information content (AvgIpc) is 2.37. The molecule has 1 atom stereocenters. The summed E-state index contributed by atoms with van der Waals surface area (Å²) in [6.45, 7) is 3.86. The second kappa shape index (κ2) is 8.21. The molecule has 0 radical (unpaired) electrons. The Labute approximate surface area is 131 Å². The van der Waals surface area contributed by atoms with Gasteiger partial charge in [-0.05, 0) is 25.5 Å². The van der Waals surface area contributed by atoms with Gasteiger partial charge in [-0.25, -0.2) is 4.39 Å². The molecule has 0 aliphatic heterocycles. The van der Waals surface area contributed by atoms with Crippen LogP contribution in [0.25, 0.3) is 0 Å². The molecule has 1 rings (SSSR count). The van der Waals surface area contributed by atoms with Crippen molar-refractivity contribution in [2.24, 2.45) is 0 Å². The molecule has 4 heteroatoms. The van der Waals surface area contributed by atoms with Gasteiger partial charge in [0.25, 0.3) is 0 Å². The highest BCUT2D eigenvalue weighted by Crippen LogP contribution is 2.35. The Morgan fingerprint density at radius 3 is 2.30 bits per heavy atom. The maximum absolute atomic E-state index is 13.5. The first-order valence-corrected chi connectivity index (χ1v) is 8.01. The summed E-state index contributed by atoms with van der Waals surface area (Å²) in [6.07, 6.45) is 7.42. The predicted molar refractivity (Wildman–Crippen MR) is 84.0 cm³/mol. The first-order chi connectivity index (χ1) is 9.38. The molecule has 0 aliphatic carbocycles. The quantitative estimate of drug-likeness (QED) is 0.454. The van der Waals surface area contributed by atoms with Crippen LogP contribution in [0, 0.1) is 5.82 Å². The van der Waals surface area contributed by atoms with Gasteiger partial charge < -0.3 is 5.11 Å². The van der Waals surface area contributed by atoms with E-state index in [1.807, 2.05) is 0 Å². The first-order valence-electron chi connectivity index (χ1n) is 7.26. The third-order valence-electron chi connectivity index (χ3n) is 3.61. The molecule has 20 heavy (non-hydrogen) atoms. The molecule has 1 aromatic carbocycles. The van der Waals surface area contributed by atoms with Gasteiger partial charge in [0, 0.05) is 10.6 Å². The summed E-state index contributed by atoms with van der Waals surface area (Å²) >= 11 is 11.7. The monoisotopic (exact) mass is 320 g/mol. The van der Waals surface area contributed by atoms with Crippen LogP contribution in [0.5, 0.6) is 0 Å². The standard InChI is InChI=1S/C16H23Cl2FO/c1-3-4-5-6-7-8-9-16(2,20)12-10-15(19)14(18)11-13(12)17/h10-11,20H,3-9H2,1-2H3. The van der Waals surface area contributed by atoms with Crippen LogP contribution in [0.2, 0.25) is 10.0 Å². The Kier molecular flexibility index (Phi) is 7.28. The Bertz CT molecular complexity index is 433. The maximum Gasteiger partial charge on any atom is 0.142 e. The molecule has 1 unspecified atom stereocenters. The molecule has 0 amide bonds. The zero-order chi connectivity index (χ0) is 15.2. The van der Waals surface area contributed by atoms with E-state index in [2.05, 4.69) is 6.92 Å². The molecule has 0 saturated carbocycles. The Hall–Kier alpha value is -0.310. The SMILES string of the molecule is CCCCCCCCC(C)(O)c1cc(F)c(Cl)cc1Cl. The molecular formula is C16H23Cl2FO. The Morgan fingerprint density at radius 2 is 1.65 bits per heavy atom. The van der Waals surface area contributed by atoms with E-state index in [1.54, 1.807) is 6.92 Å². The summed E-state index contributed by atoms with van der Waals surface area (Å²) in [5, 5.41) is 10.8. The predicted octanol–water partition coefficient (Wildman–Crippen LogP) is 6.09. The van der Waals surface area contributed by atoms with Crippen molar-refractivity contribution < 1.29 is 9.50 Å². The van der Waals surface area contributed by atoms with Gasteiger partial charge in [-0.15, -0.1) is 0 Å². The van der Waals surface area contributed by atoms with Crippen LogP contribution in [0.15, 0.2) is 12.1 Å². The van der Waals surface area contributed by atoms with E-state index in [4.69, 9.17) is 23.2 Å². The van der Waals surface area contributed by atoms with Crippen LogP contribution in [0.1, 0.15) is 64.4 Å². The number of rotatable bonds is 8. The van der Waals surface area contributed by atoms with E-state index in [9.17, 15) is 9.50 Å². The van der Waals surface area contributed by atoms with Crippen molar-refractivity contribution in [1.82, 2.24) is 0 Å². The zero-order valence-electron chi connectivity index (χ0n) is 12.2. The first kappa shape index (κ1) is 17.7. The molecule has 0 saturated heterocycles. The van der Waals surface area contributed by atoms with Crippen molar-refractivity contribution in [1.29, 1.82) is 0 Å². The largest absolute Gasteiger partial charge is 0.385 e. The van der Waals surface area contributed by atoms with Crippen molar-refractivity contribution in [2.75, 3.05) is 0 Å². The van der Waals surface area contributed by atoms with Crippen LogP contribution in [0.4, 0.5) is 4.39 Å². The fourth-order valence-electron chi connectivity index (χ4n) is 2.32. The van der Waals surface area contributed by atoms with E-state index in [0.29, 0.717) is 17.0 Å². The molecule has 0 bridgehead atoms. The lowest BCUT2D eigenvalue weighted by atomic mass is 9.90. The third kappa shape index (κ3) is 5.23. The number of hydrogen-bond donors (Lipinski definition) is 1. The second-order valence-corrected chi connectivity index (χ2v) is 6.35. The molecule has 0 aromatic heterocycles. The lowest BCUT2D eigenvalue weighted by Gasteiger charge is -2.25. The third-order valence-corrected chi connectivity index (χ3v) is 4.21. The van der Waals surface area contributed by atoms with Crippen LogP contribution in [0.3, 0.4) is 0 Å². The van der Waals surface area contributed by atoms with E-state index >= 15 is 0 Å². The van der Waals surface area contributed by atoms with Gasteiger partial charge in [0.15, 0.2) is 0 Å². The maximum atomic E-state index is 13.5. The van der Waals surface area contributed by atoms with Crippen molar-refractivity contribution in [3.8, 4) is 0 Å². The van der Waals surface area contributed by atoms with Gasteiger partial charge in [-0.2, -0.15) is 0 Å². The number of halogens is 3. The van der Waals surface area contributed by atoms with Crippen molar-refractivity contribution in [3.63, 3.8) is 0 Å². The van der Waals surface area contributed by atoms with Crippen LogP contribution in [-0.2, 0) is 5.60 Å². The molecule has 1 N–H and O–H groups in total. The summed E-state index contributed by atoms with van der Waals surface area (Å²) in [5.41, 5.74) is -0.706. The fraction of sp³-hybridized carbons (Fsp3) is 0.625. The normalized spacial score (nSPS) is 14.3. The lowest BCUT2D eigenvalue weighted by Crippen LogP contribution is -2.21. The highest BCUT2D eigenvalue weighted by molar-refractivity contribution is 6.35. The second-order valence-electron chi connectivity index (χ2n) is 5.54. The number of benzene rings is 1. The molecule has 1 nitrogen and oxygen atoms in total. The summed E-state index contributed by atoms with van der Waals surface area (Å²) in [6, 6.07) is 2.59. The van der Waals surface area contributed by atoms with Gasteiger partial charge in [0.1, 0.15) is 5.82 Å². The van der Waals surface area contributed by atoms with Gasteiger partial charge in [-0.3, -0.25) is 0 Å². The van der Waals surface area contributed by atoms with Crippen LogP contribution >= 0.6 is 23.2 Å². The molecule has 0 heterocycles. The van der Waals surface area contributed by atoms with Gasteiger partial charge in [0.2, 0.25) is 0 Å². The van der Waals surface area contributed by atoms with E-state index in [-0.39, 0.29) is 5.02 Å². The molecule has 0 spiro atoms. The summed E-state index contributed by atoms with van der Waals surface area (Å²) in [4.78, 5) is 0. The minimum atomic E-state index is -1.12. The zero-order valence-corrected chi connectivity index (χ0v) is 13.7. The molecule has 114 valence electrons. The van der Waals surface area contributed by atoms with Crippen LogP contribution in [-0.4, -0.2) is 5.11 Å². The van der Waals surface area contributed by atoms with Gasteiger partial charge in [0.05, 0.1) is 10.6 Å².